The molecular formula is C16H19N3O4. The SMILES string of the molecule is O=C(CN1C(=O)CNc2cc3c(cc21)OCO3)NC1CCCC1. The molecule has 2 aliphatic heterocycles. The molecule has 0 bridgehead atoms. The van der Waals surface area contributed by atoms with Crippen LogP contribution < -0.4 is 25.0 Å². The van der Waals surface area contributed by atoms with E-state index in [0.717, 1.165) is 31.4 Å². The van der Waals surface area contributed by atoms with Crippen LogP contribution in [0.4, 0.5) is 11.4 Å². The van der Waals surface area contributed by atoms with Crippen molar-refractivity contribution in [3.8, 4) is 11.5 Å². The van der Waals surface area contributed by atoms with Gasteiger partial charge in [0, 0.05) is 18.2 Å². The van der Waals surface area contributed by atoms with E-state index in [4.69, 9.17) is 9.47 Å². The van der Waals surface area contributed by atoms with Crippen LogP contribution in [-0.4, -0.2) is 37.7 Å². The monoisotopic (exact) mass is 317 g/mol. The van der Waals surface area contributed by atoms with E-state index < -0.39 is 0 Å². The second kappa shape index (κ2) is 5.64. The predicted molar refractivity (Wildman–Crippen MR) is 83.8 cm³/mol. The van der Waals surface area contributed by atoms with Crippen LogP contribution in [0.1, 0.15) is 25.7 Å². The van der Waals surface area contributed by atoms with Crippen LogP contribution in [0.3, 0.4) is 0 Å². The van der Waals surface area contributed by atoms with Crippen LogP contribution in [0.15, 0.2) is 12.1 Å². The van der Waals surface area contributed by atoms with Crippen molar-refractivity contribution < 1.29 is 19.1 Å². The molecule has 7 nitrogen and oxygen atoms in total. The average molecular weight is 317 g/mol. The molecule has 1 fully saturated rings. The van der Waals surface area contributed by atoms with E-state index in [1.54, 1.807) is 6.07 Å². The number of anilines is 2. The van der Waals surface area contributed by atoms with Crippen molar-refractivity contribution >= 4 is 23.2 Å². The summed E-state index contributed by atoms with van der Waals surface area (Å²) >= 11 is 0. The van der Waals surface area contributed by atoms with Gasteiger partial charge >= 0.3 is 0 Å². The maximum absolute atomic E-state index is 12.3. The Kier molecular flexibility index (Phi) is 3.48. The molecule has 1 aromatic rings. The number of amides is 2. The average Bonchev–Trinajstić information content (AvgIpc) is 3.19. The van der Waals surface area contributed by atoms with Crippen molar-refractivity contribution in [1.29, 1.82) is 0 Å². The lowest BCUT2D eigenvalue weighted by atomic mass is 10.1. The predicted octanol–water partition coefficient (Wildman–Crippen LogP) is 1.23. The molecule has 0 unspecified atom stereocenters. The Bertz CT molecular complexity index is 655. The molecule has 122 valence electrons. The largest absolute Gasteiger partial charge is 0.454 e. The Morgan fingerprint density at radius 2 is 2.00 bits per heavy atom. The molecule has 0 aromatic heterocycles. The lowest BCUT2D eigenvalue weighted by Gasteiger charge is -2.30. The topological polar surface area (TPSA) is 79.9 Å². The first kappa shape index (κ1) is 14.2. The first-order valence-electron chi connectivity index (χ1n) is 7.98. The third kappa shape index (κ3) is 2.67. The summed E-state index contributed by atoms with van der Waals surface area (Å²) in [5.74, 6) is 1.01. The molecule has 0 radical (unpaired) electrons. The van der Waals surface area contributed by atoms with Gasteiger partial charge in [-0.2, -0.15) is 0 Å². The number of ether oxygens (including phenoxy) is 2. The number of rotatable bonds is 3. The standard InChI is InChI=1S/C16H19N3O4/c20-15(18-10-3-1-2-4-10)8-19-12-6-14-13(22-9-23-14)5-11(12)17-7-16(19)21/h5-6,10,17H,1-4,7-9H2,(H,18,20). The molecular weight excluding hydrogens is 298 g/mol. The minimum absolute atomic E-state index is 0.0314. The Morgan fingerprint density at radius 1 is 1.26 bits per heavy atom. The molecule has 2 heterocycles. The van der Waals surface area contributed by atoms with Crippen molar-refractivity contribution in [3.05, 3.63) is 12.1 Å². The summed E-state index contributed by atoms with van der Waals surface area (Å²) < 4.78 is 10.7. The number of benzene rings is 1. The molecule has 2 N–H and O–H groups in total. The van der Waals surface area contributed by atoms with Gasteiger partial charge in [0.2, 0.25) is 18.6 Å². The number of carbonyl (C=O) groups excluding carboxylic acids is 2. The minimum Gasteiger partial charge on any atom is -0.454 e. The maximum atomic E-state index is 12.3. The summed E-state index contributed by atoms with van der Waals surface area (Å²) in [5.41, 5.74) is 1.44. The van der Waals surface area contributed by atoms with Crippen LogP contribution in [0.2, 0.25) is 0 Å². The highest BCUT2D eigenvalue weighted by molar-refractivity contribution is 6.06. The lowest BCUT2D eigenvalue weighted by Crippen LogP contribution is -2.47. The van der Waals surface area contributed by atoms with E-state index in [9.17, 15) is 9.59 Å². The first-order chi connectivity index (χ1) is 11.2. The van der Waals surface area contributed by atoms with Crippen molar-refractivity contribution in [2.45, 2.75) is 31.7 Å². The number of hydrogen-bond donors (Lipinski definition) is 2. The molecule has 3 aliphatic rings. The molecule has 23 heavy (non-hydrogen) atoms. The summed E-state index contributed by atoms with van der Waals surface area (Å²) in [5, 5.41) is 6.08. The molecule has 4 rings (SSSR count). The van der Waals surface area contributed by atoms with Gasteiger partial charge in [0.15, 0.2) is 11.5 Å². The number of nitrogens with one attached hydrogen (secondary N) is 2. The quantitative estimate of drug-likeness (QED) is 0.876. The summed E-state index contributed by atoms with van der Waals surface area (Å²) in [4.78, 5) is 26.0. The van der Waals surface area contributed by atoms with E-state index in [-0.39, 0.29) is 37.7 Å². The van der Waals surface area contributed by atoms with E-state index in [1.807, 2.05) is 6.07 Å². The molecule has 1 saturated carbocycles. The normalized spacial score (nSPS) is 19.5. The smallest absolute Gasteiger partial charge is 0.246 e. The summed E-state index contributed by atoms with van der Waals surface area (Å²) in [6, 6.07) is 3.81. The first-order valence-corrected chi connectivity index (χ1v) is 7.98. The molecule has 0 saturated heterocycles. The van der Waals surface area contributed by atoms with Gasteiger partial charge in [-0.25, -0.2) is 0 Å². The van der Waals surface area contributed by atoms with Gasteiger partial charge in [0.25, 0.3) is 0 Å². The lowest BCUT2D eigenvalue weighted by molar-refractivity contribution is -0.123. The molecule has 1 aromatic carbocycles. The number of fused-ring (bicyclic) bond motifs is 2. The van der Waals surface area contributed by atoms with Gasteiger partial charge in [-0.1, -0.05) is 12.8 Å². The van der Waals surface area contributed by atoms with Gasteiger partial charge in [0.1, 0.15) is 6.54 Å². The zero-order valence-corrected chi connectivity index (χ0v) is 12.8. The summed E-state index contributed by atoms with van der Waals surface area (Å²) in [7, 11) is 0. The van der Waals surface area contributed by atoms with Crippen molar-refractivity contribution in [2.75, 3.05) is 30.1 Å². The summed E-state index contributed by atoms with van der Waals surface area (Å²) in [6.45, 7) is 0.376. The second-order valence-electron chi connectivity index (χ2n) is 6.10. The van der Waals surface area contributed by atoms with Gasteiger partial charge < -0.3 is 20.1 Å². The van der Waals surface area contributed by atoms with Crippen molar-refractivity contribution in [2.24, 2.45) is 0 Å². The molecule has 0 atom stereocenters. The third-order valence-corrected chi connectivity index (χ3v) is 4.53. The van der Waals surface area contributed by atoms with Crippen molar-refractivity contribution in [3.63, 3.8) is 0 Å². The van der Waals surface area contributed by atoms with Gasteiger partial charge in [-0.15, -0.1) is 0 Å². The molecule has 7 heteroatoms. The summed E-state index contributed by atoms with van der Waals surface area (Å²) in [6.07, 6.45) is 4.36. The number of nitrogens with zero attached hydrogens (tertiary/aromatic N) is 1. The van der Waals surface area contributed by atoms with Crippen molar-refractivity contribution in [1.82, 2.24) is 5.32 Å². The third-order valence-electron chi connectivity index (χ3n) is 4.53. The van der Waals surface area contributed by atoms with E-state index in [1.165, 1.54) is 4.90 Å². The fourth-order valence-corrected chi connectivity index (χ4v) is 3.36. The van der Waals surface area contributed by atoms with Crippen LogP contribution in [0.25, 0.3) is 0 Å². The Labute approximate surface area is 133 Å². The molecule has 0 spiro atoms. The number of carbonyl (C=O) groups is 2. The van der Waals surface area contributed by atoms with Crippen LogP contribution in [0, 0.1) is 0 Å². The highest BCUT2D eigenvalue weighted by Gasteiger charge is 2.29. The highest BCUT2D eigenvalue weighted by atomic mass is 16.7. The van der Waals surface area contributed by atoms with Crippen LogP contribution in [-0.2, 0) is 9.59 Å². The van der Waals surface area contributed by atoms with E-state index in [2.05, 4.69) is 10.6 Å². The Morgan fingerprint density at radius 3 is 2.78 bits per heavy atom. The fraction of sp³-hybridized carbons (Fsp3) is 0.500. The Hall–Kier alpha value is -2.44. The van der Waals surface area contributed by atoms with Gasteiger partial charge in [0.05, 0.1) is 17.9 Å². The van der Waals surface area contributed by atoms with Crippen LogP contribution >= 0.6 is 0 Å². The zero-order chi connectivity index (χ0) is 15.8. The van der Waals surface area contributed by atoms with E-state index >= 15 is 0 Å². The number of hydrogen-bond acceptors (Lipinski definition) is 5. The van der Waals surface area contributed by atoms with Gasteiger partial charge in [-0.05, 0) is 12.8 Å². The van der Waals surface area contributed by atoms with Crippen LogP contribution in [0.5, 0.6) is 11.5 Å². The maximum Gasteiger partial charge on any atom is 0.246 e. The Balaban J connectivity index is 1.54. The molecule has 2 amide bonds. The second-order valence-corrected chi connectivity index (χ2v) is 6.10. The fourth-order valence-electron chi connectivity index (χ4n) is 3.36. The minimum atomic E-state index is -0.127. The van der Waals surface area contributed by atoms with E-state index in [0.29, 0.717) is 17.2 Å². The highest BCUT2D eigenvalue weighted by Crippen LogP contribution is 2.42. The zero-order valence-electron chi connectivity index (χ0n) is 12.8. The molecule has 1 aliphatic carbocycles. The van der Waals surface area contributed by atoms with Gasteiger partial charge in [-0.3, -0.25) is 14.5 Å².